The summed E-state index contributed by atoms with van der Waals surface area (Å²) in [6.07, 6.45) is 3.48. The number of allylic oxidation sites excluding steroid dienone is 2. The van der Waals surface area contributed by atoms with Crippen LogP contribution in [0.4, 0.5) is 13.2 Å². The lowest BCUT2D eigenvalue weighted by Crippen LogP contribution is -2.25. The van der Waals surface area contributed by atoms with Crippen molar-refractivity contribution in [3.8, 4) is 11.6 Å². The number of pyridine rings is 1. The zero-order valence-electron chi connectivity index (χ0n) is 20.7. The highest BCUT2D eigenvalue weighted by Gasteiger charge is 2.31. The van der Waals surface area contributed by atoms with Gasteiger partial charge in [0.15, 0.2) is 0 Å². The number of ether oxygens (including phenoxy) is 2. The van der Waals surface area contributed by atoms with Crippen molar-refractivity contribution >= 4 is 28.3 Å². The first-order chi connectivity index (χ1) is 18.1. The van der Waals surface area contributed by atoms with Gasteiger partial charge in [0.25, 0.3) is 0 Å². The second-order valence-corrected chi connectivity index (χ2v) is 9.09. The van der Waals surface area contributed by atoms with Gasteiger partial charge < -0.3 is 19.6 Å². The number of H-pyrrole nitrogens is 1. The van der Waals surface area contributed by atoms with E-state index in [-0.39, 0.29) is 24.2 Å². The molecule has 1 fully saturated rings. The highest BCUT2D eigenvalue weighted by atomic mass is 19.4. The first-order valence-electron chi connectivity index (χ1n) is 12.1. The third kappa shape index (κ3) is 7.21. The number of aliphatic imine (C=N–C) groups is 1. The molecule has 0 aliphatic heterocycles. The summed E-state index contributed by atoms with van der Waals surface area (Å²) in [6.45, 7) is 5.59. The number of hydrogen-bond acceptors (Lipinski definition) is 6. The van der Waals surface area contributed by atoms with Gasteiger partial charge in [-0.1, -0.05) is 6.58 Å². The van der Waals surface area contributed by atoms with E-state index in [1.165, 1.54) is 18.2 Å². The molecule has 0 spiro atoms. The molecule has 1 aliphatic carbocycles. The Bertz CT molecular complexity index is 1350. The largest absolute Gasteiger partial charge is 0.573 e. The zero-order valence-corrected chi connectivity index (χ0v) is 20.7. The molecule has 0 radical (unpaired) electrons. The Hall–Kier alpha value is -4.15. The molecule has 1 aliphatic rings. The van der Waals surface area contributed by atoms with E-state index in [1.807, 2.05) is 6.07 Å². The van der Waals surface area contributed by atoms with Crippen LogP contribution in [0.1, 0.15) is 50.4 Å². The van der Waals surface area contributed by atoms with Crippen molar-refractivity contribution in [3.05, 3.63) is 66.8 Å². The summed E-state index contributed by atoms with van der Waals surface area (Å²) in [4.78, 5) is 27.1. The van der Waals surface area contributed by atoms with Crippen molar-refractivity contribution in [1.29, 1.82) is 0 Å². The number of aliphatic carboxylic acids is 1. The van der Waals surface area contributed by atoms with E-state index in [0.717, 1.165) is 31.2 Å². The normalized spacial score (nSPS) is 18.8. The molecule has 0 atom stereocenters. The first-order valence-corrected chi connectivity index (χ1v) is 12.1. The van der Waals surface area contributed by atoms with Crippen molar-refractivity contribution in [1.82, 2.24) is 15.0 Å². The number of carboxylic acid groups (broad SMARTS) is 1. The Labute approximate surface area is 216 Å². The monoisotopic (exact) mass is 528 g/mol. The predicted octanol–water partition coefficient (Wildman–Crippen LogP) is 6.30. The molecule has 2 heterocycles. The molecule has 4 rings (SSSR count). The lowest BCUT2D eigenvalue weighted by molar-refractivity contribution is -0.274. The Morgan fingerprint density at radius 2 is 2.00 bits per heavy atom. The molecule has 1 aromatic carbocycles. The van der Waals surface area contributed by atoms with Gasteiger partial charge in [-0.25, -0.2) is 9.97 Å². The molecule has 0 saturated heterocycles. The number of imidazole rings is 1. The van der Waals surface area contributed by atoms with Crippen LogP contribution in [0.3, 0.4) is 0 Å². The van der Waals surface area contributed by atoms with Crippen molar-refractivity contribution in [3.63, 3.8) is 0 Å². The van der Waals surface area contributed by atoms with Gasteiger partial charge in [0, 0.05) is 42.1 Å². The van der Waals surface area contributed by atoms with E-state index in [4.69, 9.17) is 9.84 Å². The molecule has 8 nitrogen and oxygen atoms in total. The fourth-order valence-corrected chi connectivity index (χ4v) is 4.32. The maximum atomic E-state index is 12.5. The molecule has 0 unspecified atom stereocenters. The summed E-state index contributed by atoms with van der Waals surface area (Å²) in [6, 6.07) is 7.47. The number of carboxylic acids is 1. The number of benzene rings is 1. The number of alkyl halides is 3. The second kappa shape index (κ2) is 11.5. The number of halogens is 3. The molecule has 2 N–H and O–H groups in total. The molecule has 1 saturated carbocycles. The summed E-state index contributed by atoms with van der Waals surface area (Å²) in [5.41, 5.74) is 2.84. The van der Waals surface area contributed by atoms with E-state index in [2.05, 4.69) is 31.3 Å². The van der Waals surface area contributed by atoms with Crippen LogP contribution in [-0.4, -0.2) is 44.2 Å². The summed E-state index contributed by atoms with van der Waals surface area (Å²) in [7, 11) is 0. The average Bonchev–Trinajstić information content (AvgIpc) is 3.29. The van der Waals surface area contributed by atoms with Gasteiger partial charge in [0.05, 0.1) is 16.7 Å². The van der Waals surface area contributed by atoms with Crippen molar-refractivity contribution in [2.75, 3.05) is 0 Å². The van der Waals surface area contributed by atoms with Crippen LogP contribution in [0.5, 0.6) is 11.6 Å². The standard InChI is InChI=1S/C27H27F3N4O4/c1-3-21(18-6-11-24(32-15-18)37-19-7-4-17(5-8-19)12-25(35)36)31-14-16(2)26-33-22-10-9-20(13-23(22)34-26)38-27(28,29)30/h3,6,9-11,13-15,17,19H,1,4-5,7-8,12H2,2H3,(H,33,34)(H,35,36). The van der Waals surface area contributed by atoms with Gasteiger partial charge >= 0.3 is 12.3 Å². The lowest BCUT2D eigenvalue weighted by Gasteiger charge is -2.27. The van der Waals surface area contributed by atoms with Crippen LogP contribution in [0, 0.1) is 5.92 Å². The van der Waals surface area contributed by atoms with Gasteiger partial charge in [-0.05, 0) is 62.8 Å². The van der Waals surface area contributed by atoms with Crippen LogP contribution < -0.4 is 9.47 Å². The first kappa shape index (κ1) is 26.9. The van der Waals surface area contributed by atoms with E-state index in [9.17, 15) is 18.0 Å². The molecule has 200 valence electrons. The van der Waals surface area contributed by atoms with Gasteiger partial charge in [-0.15, -0.1) is 13.2 Å². The van der Waals surface area contributed by atoms with Crippen LogP contribution in [0.25, 0.3) is 16.6 Å². The number of nitrogens with zero attached hydrogens (tertiary/aromatic N) is 3. The SMILES string of the molecule is C=CC(=NC=C(C)c1nc2ccc(OC(F)(F)F)cc2[nH]1)c1ccc(OC2CCC(CC(=O)O)CC2)nc1. The van der Waals surface area contributed by atoms with Crippen LogP contribution in [0.15, 0.2) is 60.4 Å². The number of aromatic amines is 1. The molecule has 11 heteroatoms. The fraction of sp³-hybridized carbons (Fsp3) is 0.333. The predicted molar refractivity (Wildman–Crippen MR) is 136 cm³/mol. The number of nitrogens with one attached hydrogen (secondary N) is 1. The topological polar surface area (TPSA) is 110 Å². The van der Waals surface area contributed by atoms with Crippen LogP contribution in [-0.2, 0) is 4.79 Å². The maximum absolute atomic E-state index is 12.5. The Morgan fingerprint density at radius 1 is 1.24 bits per heavy atom. The third-order valence-corrected chi connectivity index (χ3v) is 6.23. The minimum absolute atomic E-state index is 0.0106. The minimum Gasteiger partial charge on any atom is -0.481 e. The van der Waals surface area contributed by atoms with Crippen LogP contribution >= 0.6 is 0 Å². The highest BCUT2D eigenvalue weighted by Crippen LogP contribution is 2.29. The van der Waals surface area contributed by atoms with Gasteiger partial charge in [-0.2, -0.15) is 0 Å². The number of rotatable bonds is 9. The van der Waals surface area contributed by atoms with Crippen molar-refractivity contribution < 1.29 is 32.5 Å². The van der Waals surface area contributed by atoms with Gasteiger partial charge in [-0.3, -0.25) is 9.79 Å². The fourth-order valence-electron chi connectivity index (χ4n) is 4.32. The summed E-state index contributed by atoms with van der Waals surface area (Å²) in [5.74, 6) is 0.0473. The Morgan fingerprint density at radius 3 is 2.63 bits per heavy atom. The van der Waals surface area contributed by atoms with Gasteiger partial charge in [0.2, 0.25) is 5.88 Å². The number of carbonyl (C=O) groups is 1. The highest BCUT2D eigenvalue weighted by molar-refractivity contribution is 6.08. The van der Waals surface area contributed by atoms with E-state index < -0.39 is 12.3 Å². The quantitative estimate of drug-likeness (QED) is 0.315. The van der Waals surface area contributed by atoms with Crippen molar-refractivity contribution in [2.45, 2.75) is 51.5 Å². The molecule has 38 heavy (non-hydrogen) atoms. The van der Waals surface area contributed by atoms with E-state index in [0.29, 0.717) is 34.0 Å². The molecular weight excluding hydrogens is 501 g/mol. The summed E-state index contributed by atoms with van der Waals surface area (Å²) >= 11 is 0. The Kier molecular flexibility index (Phi) is 8.13. The third-order valence-electron chi connectivity index (χ3n) is 6.23. The Balaban J connectivity index is 1.41. The van der Waals surface area contributed by atoms with Gasteiger partial charge in [0.1, 0.15) is 17.7 Å². The zero-order chi connectivity index (χ0) is 27.3. The smallest absolute Gasteiger partial charge is 0.481 e. The van der Waals surface area contributed by atoms with E-state index >= 15 is 0 Å². The van der Waals surface area contributed by atoms with E-state index in [1.54, 1.807) is 31.5 Å². The second-order valence-electron chi connectivity index (χ2n) is 9.09. The molecule has 0 bridgehead atoms. The maximum Gasteiger partial charge on any atom is 0.573 e. The minimum atomic E-state index is -4.77. The summed E-state index contributed by atoms with van der Waals surface area (Å²) < 4.78 is 47.4. The number of hydrogen-bond donors (Lipinski definition) is 2. The van der Waals surface area contributed by atoms with Crippen molar-refractivity contribution in [2.24, 2.45) is 10.9 Å². The van der Waals surface area contributed by atoms with Crippen LogP contribution in [0.2, 0.25) is 0 Å². The lowest BCUT2D eigenvalue weighted by atomic mass is 9.85. The number of fused-ring (bicyclic) bond motifs is 1. The molecule has 3 aromatic rings. The molecule has 2 aromatic heterocycles. The average molecular weight is 529 g/mol. The summed E-state index contributed by atoms with van der Waals surface area (Å²) in [5, 5.41) is 8.95. The number of aromatic nitrogens is 3. The molecular formula is C27H27F3N4O4. The molecule has 0 amide bonds.